The van der Waals surface area contributed by atoms with Crippen LogP contribution in [0, 0.1) is 17.7 Å². The average Bonchev–Trinajstić information content (AvgIpc) is 2.48. The zero-order chi connectivity index (χ0) is 15.2. The van der Waals surface area contributed by atoms with E-state index < -0.39 is 11.7 Å². The van der Waals surface area contributed by atoms with Crippen LogP contribution in [0.25, 0.3) is 0 Å². The highest BCUT2D eigenvalue weighted by molar-refractivity contribution is 6.04. The lowest BCUT2D eigenvalue weighted by molar-refractivity contribution is 0.102. The molecule has 0 bridgehead atoms. The third-order valence-electron chi connectivity index (χ3n) is 2.58. The molecule has 2 aromatic rings. The fraction of sp³-hybridized carbons (Fsp3) is 0.0667. The molecule has 0 spiro atoms. The largest absolute Gasteiger partial charge is 0.384 e. The number of aliphatic hydroxyl groups excluding tert-OH is 1. The van der Waals surface area contributed by atoms with Crippen molar-refractivity contribution in [3.8, 4) is 11.8 Å². The van der Waals surface area contributed by atoms with Crippen LogP contribution in [0.15, 0.2) is 41.3 Å². The Labute approximate surface area is 119 Å². The van der Waals surface area contributed by atoms with Gasteiger partial charge in [0.05, 0.1) is 16.8 Å². The minimum absolute atomic E-state index is 0.250. The lowest BCUT2D eigenvalue weighted by Gasteiger charge is -2.07. The number of aromatic amines is 1. The fourth-order valence-electron chi connectivity index (χ4n) is 1.61. The number of aliphatic hydroxyl groups is 1. The van der Waals surface area contributed by atoms with E-state index in [0.717, 1.165) is 6.07 Å². The van der Waals surface area contributed by atoms with Gasteiger partial charge < -0.3 is 15.4 Å². The van der Waals surface area contributed by atoms with Gasteiger partial charge in [-0.15, -0.1) is 0 Å². The number of H-pyrrole nitrogens is 1. The van der Waals surface area contributed by atoms with Crippen molar-refractivity contribution in [2.75, 3.05) is 11.9 Å². The molecule has 1 aromatic carbocycles. The molecular weight excluding hydrogens is 275 g/mol. The van der Waals surface area contributed by atoms with E-state index in [-0.39, 0.29) is 23.3 Å². The van der Waals surface area contributed by atoms with Crippen LogP contribution in [0.2, 0.25) is 0 Å². The van der Waals surface area contributed by atoms with E-state index in [4.69, 9.17) is 5.11 Å². The number of hydrogen-bond acceptors (Lipinski definition) is 3. The summed E-state index contributed by atoms with van der Waals surface area (Å²) in [5, 5.41) is 11.3. The van der Waals surface area contributed by atoms with Crippen LogP contribution in [0.4, 0.5) is 10.1 Å². The molecule has 0 aliphatic rings. The maximum atomic E-state index is 13.2. The maximum Gasteiger partial charge on any atom is 0.257 e. The van der Waals surface area contributed by atoms with Gasteiger partial charge in [0, 0.05) is 12.3 Å². The summed E-state index contributed by atoms with van der Waals surface area (Å²) in [7, 11) is 0. The molecule has 5 nitrogen and oxygen atoms in total. The highest BCUT2D eigenvalue weighted by atomic mass is 19.1. The van der Waals surface area contributed by atoms with Crippen molar-refractivity contribution in [1.29, 1.82) is 0 Å². The second-order valence-electron chi connectivity index (χ2n) is 4.05. The zero-order valence-electron chi connectivity index (χ0n) is 10.8. The summed E-state index contributed by atoms with van der Waals surface area (Å²) in [5.74, 6) is 3.98. The third kappa shape index (κ3) is 3.78. The van der Waals surface area contributed by atoms with Crippen molar-refractivity contribution >= 4 is 11.6 Å². The molecule has 0 fully saturated rings. The Morgan fingerprint density at radius 1 is 1.33 bits per heavy atom. The first-order valence-electron chi connectivity index (χ1n) is 5.99. The number of amides is 1. The maximum absolute atomic E-state index is 13.2. The van der Waals surface area contributed by atoms with E-state index in [1.807, 2.05) is 0 Å². The molecule has 1 amide bonds. The van der Waals surface area contributed by atoms with Gasteiger partial charge in [-0.25, -0.2) is 4.39 Å². The monoisotopic (exact) mass is 286 g/mol. The van der Waals surface area contributed by atoms with E-state index in [1.54, 1.807) is 0 Å². The molecule has 21 heavy (non-hydrogen) atoms. The van der Waals surface area contributed by atoms with E-state index in [0.29, 0.717) is 5.69 Å². The van der Waals surface area contributed by atoms with E-state index in [9.17, 15) is 14.0 Å². The SMILES string of the molecule is O=C(Nc1ccc(F)cc1C#CCO)c1ccc(=O)[nH]c1. The van der Waals surface area contributed by atoms with Crippen LogP contribution in [-0.2, 0) is 0 Å². The fourth-order valence-corrected chi connectivity index (χ4v) is 1.61. The zero-order valence-corrected chi connectivity index (χ0v) is 10.8. The molecule has 0 saturated carbocycles. The predicted octanol–water partition coefficient (Wildman–Crippen LogP) is 1.11. The summed E-state index contributed by atoms with van der Waals surface area (Å²) in [4.78, 5) is 25.3. The van der Waals surface area contributed by atoms with E-state index in [1.165, 1.54) is 30.5 Å². The Hall–Kier alpha value is -2.91. The van der Waals surface area contributed by atoms with Crippen LogP contribution in [0.3, 0.4) is 0 Å². The number of benzene rings is 1. The minimum Gasteiger partial charge on any atom is -0.384 e. The Balaban J connectivity index is 2.28. The van der Waals surface area contributed by atoms with Crippen LogP contribution < -0.4 is 10.9 Å². The van der Waals surface area contributed by atoms with Crippen molar-refractivity contribution in [2.24, 2.45) is 0 Å². The molecule has 1 aromatic heterocycles. The van der Waals surface area contributed by atoms with E-state index >= 15 is 0 Å². The van der Waals surface area contributed by atoms with Gasteiger partial charge in [-0.1, -0.05) is 11.8 Å². The summed E-state index contributed by atoms with van der Waals surface area (Å²) in [6, 6.07) is 6.32. The van der Waals surface area contributed by atoms with Crippen LogP contribution in [0.5, 0.6) is 0 Å². The molecule has 2 rings (SSSR count). The number of halogens is 1. The third-order valence-corrected chi connectivity index (χ3v) is 2.58. The second-order valence-corrected chi connectivity index (χ2v) is 4.05. The molecule has 0 aliphatic carbocycles. The molecule has 3 N–H and O–H groups in total. The smallest absolute Gasteiger partial charge is 0.257 e. The summed E-state index contributed by atoms with van der Waals surface area (Å²) < 4.78 is 13.2. The molecule has 0 aliphatic heterocycles. The number of nitrogens with one attached hydrogen (secondary N) is 2. The van der Waals surface area contributed by atoms with Crippen molar-refractivity contribution in [2.45, 2.75) is 0 Å². The average molecular weight is 286 g/mol. The summed E-state index contributed by atoms with van der Waals surface area (Å²) in [6.45, 7) is -0.371. The second kappa shape index (κ2) is 6.50. The number of pyridine rings is 1. The first kappa shape index (κ1) is 14.5. The number of carbonyl (C=O) groups is 1. The molecule has 0 unspecified atom stereocenters. The van der Waals surface area contributed by atoms with Crippen LogP contribution in [-0.4, -0.2) is 22.6 Å². The Morgan fingerprint density at radius 2 is 2.14 bits per heavy atom. The van der Waals surface area contributed by atoms with Crippen molar-refractivity contribution in [3.63, 3.8) is 0 Å². The van der Waals surface area contributed by atoms with Crippen LogP contribution in [0.1, 0.15) is 15.9 Å². The highest BCUT2D eigenvalue weighted by Gasteiger charge is 2.09. The molecule has 6 heteroatoms. The van der Waals surface area contributed by atoms with Gasteiger partial charge >= 0.3 is 0 Å². The molecule has 0 saturated heterocycles. The molecule has 1 heterocycles. The quantitative estimate of drug-likeness (QED) is 0.723. The first-order valence-corrected chi connectivity index (χ1v) is 5.99. The van der Waals surface area contributed by atoms with Gasteiger partial charge in [-0.2, -0.15) is 0 Å². The predicted molar refractivity (Wildman–Crippen MR) is 75.4 cm³/mol. The summed E-state index contributed by atoms with van der Waals surface area (Å²) >= 11 is 0. The van der Waals surface area contributed by atoms with Crippen molar-refractivity contribution in [3.05, 3.63) is 63.8 Å². The lowest BCUT2D eigenvalue weighted by atomic mass is 10.1. The number of hydrogen-bond donors (Lipinski definition) is 3. The Bertz CT molecular complexity index is 767. The van der Waals surface area contributed by atoms with Gasteiger partial charge in [0.25, 0.3) is 5.91 Å². The standard InChI is InChI=1S/C15H11FN2O3/c16-12-4-5-13(10(8-12)2-1-7-19)18-15(21)11-3-6-14(20)17-9-11/h3-6,8-9,19H,7H2,(H,17,20)(H,18,21). The van der Waals surface area contributed by atoms with Gasteiger partial charge in [-0.3, -0.25) is 9.59 Å². The molecular formula is C15H11FN2O3. The number of carbonyl (C=O) groups excluding carboxylic acids is 1. The number of aromatic nitrogens is 1. The van der Waals surface area contributed by atoms with Crippen molar-refractivity contribution in [1.82, 2.24) is 4.98 Å². The number of rotatable bonds is 2. The Morgan fingerprint density at radius 3 is 2.81 bits per heavy atom. The topological polar surface area (TPSA) is 82.2 Å². The highest BCUT2D eigenvalue weighted by Crippen LogP contribution is 2.17. The van der Waals surface area contributed by atoms with Gasteiger partial charge in [-0.05, 0) is 24.3 Å². The van der Waals surface area contributed by atoms with Gasteiger partial charge in [0.15, 0.2) is 0 Å². The van der Waals surface area contributed by atoms with Crippen LogP contribution >= 0.6 is 0 Å². The summed E-state index contributed by atoms with van der Waals surface area (Å²) in [5.41, 5.74) is 0.498. The Kier molecular flexibility index (Phi) is 4.49. The van der Waals surface area contributed by atoms with Crippen molar-refractivity contribution < 1.29 is 14.3 Å². The van der Waals surface area contributed by atoms with Gasteiger partial charge in [0.2, 0.25) is 5.56 Å². The lowest BCUT2D eigenvalue weighted by Crippen LogP contribution is -2.15. The summed E-state index contributed by atoms with van der Waals surface area (Å²) in [6.07, 6.45) is 1.28. The number of anilines is 1. The van der Waals surface area contributed by atoms with Gasteiger partial charge in [0.1, 0.15) is 12.4 Å². The molecule has 0 atom stereocenters. The normalized spacial score (nSPS) is 9.62. The molecule has 106 valence electrons. The van der Waals surface area contributed by atoms with E-state index in [2.05, 4.69) is 22.1 Å². The first-order chi connectivity index (χ1) is 10.1. The minimum atomic E-state index is -0.501. The molecule has 0 radical (unpaired) electrons.